The van der Waals surface area contributed by atoms with Crippen LogP contribution in [0.5, 0.6) is 0 Å². The molecule has 1 aromatic rings. The van der Waals surface area contributed by atoms with Gasteiger partial charge in [-0.15, -0.1) is 6.58 Å². The van der Waals surface area contributed by atoms with E-state index in [9.17, 15) is 4.79 Å². The molecule has 1 amide bonds. The van der Waals surface area contributed by atoms with Gasteiger partial charge in [0.2, 0.25) is 0 Å². The fourth-order valence-electron chi connectivity index (χ4n) is 1.97. The van der Waals surface area contributed by atoms with E-state index in [4.69, 9.17) is 5.11 Å². The maximum Gasteiger partial charge on any atom is 0.407 e. The molecule has 3 heteroatoms. The largest absolute Gasteiger partial charge is 0.465 e. The second-order valence-electron chi connectivity index (χ2n) is 3.69. The molecule has 1 N–H and O–H groups in total. The highest BCUT2D eigenvalue weighted by Crippen LogP contribution is 2.26. The van der Waals surface area contributed by atoms with E-state index in [1.807, 2.05) is 24.3 Å². The zero-order chi connectivity index (χ0) is 10.8. The maximum atomic E-state index is 10.8. The Hall–Kier alpha value is -1.77. The van der Waals surface area contributed by atoms with Gasteiger partial charge in [0, 0.05) is 13.1 Å². The predicted octanol–water partition coefficient (Wildman–Crippen LogP) is 2.41. The second kappa shape index (κ2) is 3.77. The molecule has 0 radical (unpaired) electrons. The van der Waals surface area contributed by atoms with Crippen molar-refractivity contribution in [1.82, 2.24) is 4.90 Å². The van der Waals surface area contributed by atoms with Gasteiger partial charge in [-0.05, 0) is 23.1 Å². The first-order valence-corrected chi connectivity index (χ1v) is 4.90. The second-order valence-corrected chi connectivity index (χ2v) is 3.69. The number of carboxylic acid groups (broad SMARTS) is 1. The van der Waals surface area contributed by atoms with Crippen molar-refractivity contribution in [3.05, 3.63) is 47.5 Å². The van der Waals surface area contributed by atoms with E-state index in [2.05, 4.69) is 6.58 Å². The molecule has 0 unspecified atom stereocenters. The molecule has 0 spiro atoms. The molecule has 1 aliphatic rings. The van der Waals surface area contributed by atoms with Crippen molar-refractivity contribution in [2.24, 2.45) is 0 Å². The fourth-order valence-corrected chi connectivity index (χ4v) is 1.97. The van der Waals surface area contributed by atoms with E-state index in [0.717, 1.165) is 17.5 Å². The van der Waals surface area contributed by atoms with Gasteiger partial charge in [-0.1, -0.05) is 24.3 Å². The summed E-state index contributed by atoms with van der Waals surface area (Å²) in [5, 5.41) is 8.91. The van der Waals surface area contributed by atoms with Crippen molar-refractivity contribution in [3.8, 4) is 0 Å². The summed E-state index contributed by atoms with van der Waals surface area (Å²) in [7, 11) is 0. The van der Waals surface area contributed by atoms with Crippen LogP contribution >= 0.6 is 0 Å². The summed E-state index contributed by atoms with van der Waals surface area (Å²) in [5.74, 6) is 0. The Morgan fingerprint density at radius 2 is 2.33 bits per heavy atom. The molecule has 0 aliphatic carbocycles. The molecule has 2 rings (SSSR count). The summed E-state index contributed by atoms with van der Waals surface area (Å²) in [6.07, 6.45) is 1.80. The highest BCUT2D eigenvalue weighted by Gasteiger charge is 2.24. The van der Waals surface area contributed by atoms with Crippen molar-refractivity contribution < 1.29 is 9.90 Å². The zero-order valence-corrected chi connectivity index (χ0v) is 8.44. The van der Waals surface area contributed by atoms with Crippen molar-refractivity contribution in [2.45, 2.75) is 19.5 Å². The van der Waals surface area contributed by atoms with Crippen LogP contribution < -0.4 is 0 Å². The first-order chi connectivity index (χ1) is 7.22. The van der Waals surface area contributed by atoms with E-state index in [1.165, 1.54) is 10.5 Å². The molecule has 15 heavy (non-hydrogen) atoms. The average Bonchev–Trinajstić information content (AvgIpc) is 2.63. The summed E-state index contributed by atoms with van der Waals surface area (Å²) < 4.78 is 0. The van der Waals surface area contributed by atoms with Crippen LogP contribution in [-0.2, 0) is 19.5 Å². The lowest BCUT2D eigenvalue weighted by Gasteiger charge is -2.09. The minimum atomic E-state index is -0.851. The van der Waals surface area contributed by atoms with E-state index >= 15 is 0 Å². The van der Waals surface area contributed by atoms with Crippen molar-refractivity contribution in [2.75, 3.05) is 0 Å². The van der Waals surface area contributed by atoms with Gasteiger partial charge in [-0.25, -0.2) is 4.79 Å². The Balaban J connectivity index is 2.32. The van der Waals surface area contributed by atoms with Gasteiger partial charge in [-0.2, -0.15) is 0 Å². The minimum absolute atomic E-state index is 0.509. The topological polar surface area (TPSA) is 40.5 Å². The van der Waals surface area contributed by atoms with Gasteiger partial charge in [0.05, 0.1) is 0 Å². The highest BCUT2D eigenvalue weighted by molar-refractivity contribution is 5.66. The van der Waals surface area contributed by atoms with Gasteiger partial charge in [-0.3, -0.25) is 4.90 Å². The smallest absolute Gasteiger partial charge is 0.407 e. The van der Waals surface area contributed by atoms with Crippen LogP contribution in [0.25, 0.3) is 0 Å². The van der Waals surface area contributed by atoms with Gasteiger partial charge < -0.3 is 5.11 Å². The Bertz CT molecular complexity index is 412. The van der Waals surface area contributed by atoms with Crippen LogP contribution in [0, 0.1) is 0 Å². The average molecular weight is 203 g/mol. The van der Waals surface area contributed by atoms with E-state index < -0.39 is 6.09 Å². The fraction of sp³-hybridized carbons (Fsp3) is 0.250. The summed E-state index contributed by atoms with van der Waals surface area (Å²) >= 11 is 0. The van der Waals surface area contributed by atoms with E-state index in [-0.39, 0.29) is 0 Å². The summed E-state index contributed by atoms with van der Waals surface area (Å²) in [4.78, 5) is 12.3. The number of fused-ring (bicyclic) bond motifs is 1. The third-order valence-corrected chi connectivity index (χ3v) is 2.72. The SMILES string of the molecule is C=CCc1cccc2c1CN(C(=O)O)C2. The predicted molar refractivity (Wildman–Crippen MR) is 57.6 cm³/mol. The summed E-state index contributed by atoms with van der Waals surface area (Å²) in [6, 6.07) is 6.00. The first kappa shape index (κ1) is 9.77. The zero-order valence-electron chi connectivity index (χ0n) is 8.44. The Labute approximate surface area is 88.6 Å². The van der Waals surface area contributed by atoms with Crippen LogP contribution in [0.1, 0.15) is 16.7 Å². The van der Waals surface area contributed by atoms with Crippen molar-refractivity contribution in [1.29, 1.82) is 0 Å². The van der Waals surface area contributed by atoms with Crippen LogP contribution in [0.15, 0.2) is 30.9 Å². The Kier molecular flexibility index (Phi) is 2.46. The third-order valence-electron chi connectivity index (χ3n) is 2.72. The van der Waals surface area contributed by atoms with Gasteiger partial charge in [0.1, 0.15) is 0 Å². The number of nitrogens with zero attached hydrogens (tertiary/aromatic N) is 1. The number of amides is 1. The molecule has 0 aromatic heterocycles. The molecule has 78 valence electrons. The molecule has 1 aromatic carbocycles. The third kappa shape index (κ3) is 1.73. The first-order valence-electron chi connectivity index (χ1n) is 4.90. The summed E-state index contributed by atoms with van der Waals surface area (Å²) in [5.41, 5.74) is 3.46. The van der Waals surface area contributed by atoms with Crippen molar-refractivity contribution in [3.63, 3.8) is 0 Å². The number of rotatable bonds is 2. The summed E-state index contributed by atoms with van der Waals surface area (Å²) in [6.45, 7) is 4.72. The molecule has 0 fully saturated rings. The maximum absolute atomic E-state index is 10.8. The highest BCUT2D eigenvalue weighted by atomic mass is 16.4. The number of carbonyl (C=O) groups is 1. The normalized spacial score (nSPS) is 13.7. The number of hydrogen-bond donors (Lipinski definition) is 1. The number of benzene rings is 1. The molecular formula is C12H13NO2. The minimum Gasteiger partial charge on any atom is -0.465 e. The molecule has 0 saturated heterocycles. The monoisotopic (exact) mass is 203 g/mol. The lowest BCUT2D eigenvalue weighted by atomic mass is 10.0. The van der Waals surface area contributed by atoms with Crippen LogP contribution in [0.2, 0.25) is 0 Å². The molecule has 0 saturated carbocycles. The molecule has 0 bridgehead atoms. The number of hydrogen-bond acceptors (Lipinski definition) is 1. The molecule has 0 atom stereocenters. The van der Waals surface area contributed by atoms with Crippen LogP contribution in [0.4, 0.5) is 4.79 Å². The Morgan fingerprint density at radius 3 is 3.00 bits per heavy atom. The van der Waals surface area contributed by atoms with E-state index in [0.29, 0.717) is 13.1 Å². The van der Waals surface area contributed by atoms with Gasteiger partial charge in [0.25, 0.3) is 0 Å². The molecule has 1 heterocycles. The lowest BCUT2D eigenvalue weighted by molar-refractivity contribution is 0.145. The lowest BCUT2D eigenvalue weighted by Crippen LogP contribution is -2.22. The van der Waals surface area contributed by atoms with Crippen LogP contribution in [-0.4, -0.2) is 16.1 Å². The molecule has 3 nitrogen and oxygen atoms in total. The quantitative estimate of drug-likeness (QED) is 0.750. The van der Waals surface area contributed by atoms with Gasteiger partial charge >= 0.3 is 6.09 Å². The van der Waals surface area contributed by atoms with Crippen molar-refractivity contribution >= 4 is 6.09 Å². The molecule has 1 aliphatic heterocycles. The van der Waals surface area contributed by atoms with E-state index in [1.54, 1.807) is 0 Å². The van der Waals surface area contributed by atoms with Gasteiger partial charge in [0.15, 0.2) is 0 Å². The molecular weight excluding hydrogens is 190 g/mol. The Morgan fingerprint density at radius 1 is 1.53 bits per heavy atom. The van der Waals surface area contributed by atoms with Crippen LogP contribution in [0.3, 0.4) is 0 Å². The number of allylic oxidation sites excluding steroid dienone is 1. The standard InChI is InChI=1S/C12H13NO2/c1-2-4-9-5-3-6-10-7-13(12(14)15)8-11(9)10/h2-3,5-6H,1,4,7-8H2,(H,14,15).